The van der Waals surface area contributed by atoms with Gasteiger partial charge < -0.3 is 15.1 Å². The Kier molecular flexibility index (Phi) is 7.44. The van der Waals surface area contributed by atoms with Crippen molar-refractivity contribution in [3.05, 3.63) is 66.5 Å². The molecule has 1 saturated heterocycles. The molecule has 0 unspecified atom stereocenters. The third kappa shape index (κ3) is 6.01. The van der Waals surface area contributed by atoms with Crippen molar-refractivity contribution in [2.45, 2.75) is 13.0 Å². The number of carbonyl (C=O) groups excluding carboxylic acids is 1. The van der Waals surface area contributed by atoms with Crippen molar-refractivity contribution in [1.29, 1.82) is 0 Å². The van der Waals surface area contributed by atoms with Crippen LogP contribution in [0.4, 0.5) is 17.3 Å². The second-order valence-electron chi connectivity index (χ2n) is 9.80. The van der Waals surface area contributed by atoms with Gasteiger partial charge in [0, 0.05) is 83.6 Å². The van der Waals surface area contributed by atoms with Crippen LogP contribution in [0.15, 0.2) is 60.9 Å². The molecule has 7 heterocycles. The van der Waals surface area contributed by atoms with Crippen molar-refractivity contribution in [2.75, 3.05) is 70.1 Å². The number of carbonyl (C=O) groups is 1. The number of nitrogens with one attached hydrogen (secondary N) is 1. The molecule has 1 N–H and O–H groups in total. The molecule has 0 atom stereocenters. The molecule has 2 aromatic heterocycles. The maximum Gasteiger partial charge on any atom is 0.236 e. The predicted molar refractivity (Wildman–Crippen MR) is 144 cm³/mol. The minimum absolute atomic E-state index is 0.195. The Balaban J connectivity index is 1.38. The lowest BCUT2D eigenvalue weighted by molar-refractivity contribution is -0.131. The Morgan fingerprint density at radius 2 is 1.56 bits per heavy atom. The molecular formula is C28H35N7O. The zero-order chi connectivity index (χ0) is 24.9. The number of hydrogen-bond acceptors (Lipinski definition) is 7. The molecule has 1 fully saturated rings. The van der Waals surface area contributed by atoms with E-state index in [1.807, 2.05) is 37.5 Å². The highest BCUT2D eigenvalue weighted by molar-refractivity contribution is 5.78. The molecule has 0 saturated carbocycles. The molecule has 0 radical (unpaired) electrons. The van der Waals surface area contributed by atoms with Crippen LogP contribution in [0.1, 0.15) is 12.0 Å². The fourth-order valence-corrected chi connectivity index (χ4v) is 4.82. The Morgan fingerprint density at radius 3 is 2.33 bits per heavy atom. The van der Waals surface area contributed by atoms with Crippen LogP contribution < -0.4 is 10.2 Å². The maximum absolute atomic E-state index is 12.8. The van der Waals surface area contributed by atoms with Crippen LogP contribution in [0.5, 0.6) is 0 Å². The second kappa shape index (κ2) is 11.1. The SMILES string of the molecule is CN1CCCN(C)c2ccc(cn2)-c2ccnc(c2)Nc2cccc(c2)CN2CCN(CC2)CC1=O. The first-order chi connectivity index (χ1) is 17.5. The maximum atomic E-state index is 12.8. The lowest BCUT2D eigenvalue weighted by Gasteiger charge is -2.35. The summed E-state index contributed by atoms with van der Waals surface area (Å²) in [6, 6.07) is 16.8. The minimum Gasteiger partial charge on any atom is -0.360 e. The van der Waals surface area contributed by atoms with Crippen molar-refractivity contribution in [2.24, 2.45) is 0 Å². The molecule has 8 rings (SSSR count). The highest BCUT2D eigenvalue weighted by Crippen LogP contribution is 2.25. The molecule has 0 spiro atoms. The Bertz CT molecular complexity index is 1170. The molecule has 0 aliphatic carbocycles. The van der Waals surface area contributed by atoms with Crippen molar-refractivity contribution in [3.8, 4) is 11.1 Å². The fraction of sp³-hybridized carbons (Fsp3) is 0.393. The molecule has 8 nitrogen and oxygen atoms in total. The van der Waals surface area contributed by atoms with Crippen LogP contribution in [0.2, 0.25) is 0 Å². The summed E-state index contributed by atoms with van der Waals surface area (Å²) >= 11 is 0. The number of aromatic nitrogens is 2. The van der Waals surface area contributed by atoms with E-state index in [0.717, 1.165) is 80.7 Å². The number of rotatable bonds is 0. The third-order valence-corrected chi connectivity index (χ3v) is 7.07. The zero-order valence-electron chi connectivity index (χ0n) is 21.2. The molecular weight excluding hydrogens is 450 g/mol. The van der Waals surface area contributed by atoms with Crippen molar-refractivity contribution in [3.63, 3.8) is 0 Å². The van der Waals surface area contributed by atoms with E-state index in [1.165, 1.54) is 5.56 Å². The van der Waals surface area contributed by atoms with Crippen LogP contribution in [0.3, 0.4) is 0 Å². The van der Waals surface area contributed by atoms with Gasteiger partial charge in [0.1, 0.15) is 11.6 Å². The zero-order valence-corrected chi connectivity index (χ0v) is 21.2. The Labute approximate surface area is 213 Å². The van der Waals surface area contributed by atoms with Crippen LogP contribution in [0, 0.1) is 0 Å². The molecule has 3 aromatic rings. The highest BCUT2D eigenvalue weighted by atomic mass is 16.2. The van der Waals surface area contributed by atoms with E-state index in [2.05, 4.69) is 67.5 Å². The van der Waals surface area contributed by atoms with Crippen molar-refractivity contribution in [1.82, 2.24) is 24.7 Å². The van der Waals surface area contributed by atoms with E-state index < -0.39 is 0 Å². The second-order valence-corrected chi connectivity index (χ2v) is 9.80. The van der Waals surface area contributed by atoms with Gasteiger partial charge in [-0.25, -0.2) is 9.97 Å². The average Bonchev–Trinajstić information content (AvgIpc) is 2.89. The molecule has 8 heteroatoms. The number of nitrogens with zero attached hydrogens (tertiary/aromatic N) is 6. The largest absolute Gasteiger partial charge is 0.360 e. The summed E-state index contributed by atoms with van der Waals surface area (Å²) < 4.78 is 0. The number of pyridine rings is 2. The highest BCUT2D eigenvalue weighted by Gasteiger charge is 2.21. The van der Waals surface area contributed by atoms with E-state index >= 15 is 0 Å². The van der Waals surface area contributed by atoms with Crippen LogP contribution in [0.25, 0.3) is 11.1 Å². The van der Waals surface area contributed by atoms with Gasteiger partial charge in [0.05, 0.1) is 6.54 Å². The topological polar surface area (TPSA) is 67.8 Å². The van der Waals surface area contributed by atoms with Gasteiger partial charge in [-0.2, -0.15) is 0 Å². The van der Waals surface area contributed by atoms with E-state index in [9.17, 15) is 4.79 Å². The normalized spacial score (nSPS) is 21.3. The van der Waals surface area contributed by atoms with Gasteiger partial charge in [0.2, 0.25) is 5.91 Å². The molecule has 5 aliphatic rings. The standard InChI is InChI=1S/C28H35N7O/c1-32-11-4-12-33(2)28(36)21-35-15-13-34(14-16-35)20-22-5-3-6-25(17-22)31-26-18-23(9-10-29-26)24-7-8-27(32)30-19-24/h3,5-10,17-19H,4,11-16,20-21H2,1-2H3,(H,29,31). The lowest BCUT2D eigenvalue weighted by atomic mass is 10.1. The number of anilines is 3. The van der Waals surface area contributed by atoms with Gasteiger partial charge >= 0.3 is 0 Å². The van der Waals surface area contributed by atoms with E-state index in [4.69, 9.17) is 4.98 Å². The molecule has 1 aromatic carbocycles. The van der Waals surface area contributed by atoms with Gasteiger partial charge in [0.15, 0.2) is 0 Å². The monoisotopic (exact) mass is 485 g/mol. The number of likely N-dealkylation sites (N-methyl/N-ethyl adjacent to an activating group) is 1. The molecule has 8 bridgehead atoms. The van der Waals surface area contributed by atoms with E-state index in [1.54, 1.807) is 0 Å². The first-order valence-electron chi connectivity index (χ1n) is 12.7. The molecule has 1 amide bonds. The van der Waals surface area contributed by atoms with E-state index in [0.29, 0.717) is 6.54 Å². The minimum atomic E-state index is 0.195. The van der Waals surface area contributed by atoms with Gasteiger partial charge in [-0.1, -0.05) is 12.1 Å². The smallest absolute Gasteiger partial charge is 0.236 e. The summed E-state index contributed by atoms with van der Waals surface area (Å²) in [5.74, 6) is 1.93. The van der Waals surface area contributed by atoms with Gasteiger partial charge in [0.25, 0.3) is 0 Å². The number of hydrogen-bond donors (Lipinski definition) is 1. The summed E-state index contributed by atoms with van der Waals surface area (Å²) in [5, 5.41) is 3.47. The Hall–Kier alpha value is -3.49. The predicted octanol–water partition coefficient (Wildman–Crippen LogP) is 3.30. The van der Waals surface area contributed by atoms with E-state index in [-0.39, 0.29) is 5.91 Å². The molecule has 36 heavy (non-hydrogen) atoms. The van der Waals surface area contributed by atoms with Crippen molar-refractivity contribution < 1.29 is 4.79 Å². The molecule has 188 valence electrons. The summed E-state index contributed by atoms with van der Waals surface area (Å²) in [5.41, 5.74) is 4.41. The van der Waals surface area contributed by atoms with Gasteiger partial charge in [-0.3, -0.25) is 14.6 Å². The quantitative estimate of drug-likeness (QED) is 0.524. The average molecular weight is 486 g/mol. The van der Waals surface area contributed by atoms with Crippen LogP contribution in [-0.4, -0.2) is 90.5 Å². The summed E-state index contributed by atoms with van der Waals surface area (Å²) in [4.78, 5) is 30.8. The van der Waals surface area contributed by atoms with Gasteiger partial charge in [-0.15, -0.1) is 0 Å². The summed E-state index contributed by atoms with van der Waals surface area (Å²) in [6.07, 6.45) is 4.64. The third-order valence-electron chi connectivity index (χ3n) is 7.07. The number of amides is 1. The number of piperazine rings is 1. The fourth-order valence-electron chi connectivity index (χ4n) is 4.82. The summed E-state index contributed by atoms with van der Waals surface area (Å²) in [7, 11) is 3.96. The first kappa shape index (κ1) is 24.2. The molecule has 5 aliphatic heterocycles. The lowest BCUT2D eigenvalue weighted by Crippen LogP contribution is -2.49. The Morgan fingerprint density at radius 1 is 0.778 bits per heavy atom. The van der Waals surface area contributed by atoms with Gasteiger partial charge in [-0.05, 0) is 53.9 Å². The number of benzene rings is 1. The van der Waals surface area contributed by atoms with Crippen molar-refractivity contribution >= 4 is 23.2 Å². The van der Waals surface area contributed by atoms with Crippen LogP contribution in [-0.2, 0) is 11.3 Å². The summed E-state index contributed by atoms with van der Waals surface area (Å²) in [6.45, 7) is 6.73. The van der Waals surface area contributed by atoms with Crippen LogP contribution >= 0.6 is 0 Å². The first-order valence-corrected chi connectivity index (χ1v) is 12.7.